The summed E-state index contributed by atoms with van der Waals surface area (Å²) >= 11 is 0. The van der Waals surface area contributed by atoms with Crippen LogP contribution in [0.3, 0.4) is 0 Å². The smallest absolute Gasteiger partial charge is 0.0326 e. The van der Waals surface area contributed by atoms with Crippen molar-refractivity contribution in [3.63, 3.8) is 0 Å². The largest absolute Gasteiger partial charge is 0.329 e. The van der Waals surface area contributed by atoms with Gasteiger partial charge in [0.15, 0.2) is 0 Å². The maximum absolute atomic E-state index is 6.02. The van der Waals surface area contributed by atoms with Crippen LogP contribution >= 0.6 is 0 Å². The van der Waals surface area contributed by atoms with Gasteiger partial charge in [0.1, 0.15) is 0 Å². The highest BCUT2D eigenvalue weighted by Gasteiger charge is 2.34. The Morgan fingerprint density at radius 3 is 1.50 bits per heavy atom. The van der Waals surface area contributed by atoms with Crippen LogP contribution in [-0.4, -0.2) is 30.1 Å². The zero-order valence-corrected chi connectivity index (χ0v) is 12.4. The molecule has 1 atom stereocenters. The van der Waals surface area contributed by atoms with Gasteiger partial charge in [-0.25, -0.2) is 0 Å². The summed E-state index contributed by atoms with van der Waals surface area (Å²) in [7, 11) is 0. The average molecular weight is 228 g/mol. The van der Waals surface area contributed by atoms with Crippen LogP contribution in [0.25, 0.3) is 0 Å². The summed E-state index contributed by atoms with van der Waals surface area (Å²) in [6.45, 7) is 19.0. The fraction of sp³-hybridized carbons (Fsp3) is 1.00. The number of nitrogens with two attached hydrogens (primary N) is 1. The lowest BCUT2D eigenvalue weighted by molar-refractivity contribution is 0.0452. The maximum atomic E-state index is 6.02. The van der Waals surface area contributed by atoms with Gasteiger partial charge in [0, 0.05) is 25.2 Å². The van der Waals surface area contributed by atoms with E-state index in [0.29, 0.717) is 17.8 Å². The van der Waals surface area contributed by atoms with Crippen molar-refractivity contribution in [2.45, 2.75) is 54.0 Å². The minimum absolute atomic E-state index is 0.133. The number of nitrogens with zero attached hydrogens (tertiary/aromatic N) is 1. The molecule has 1 unspecified atom stereocenters. The van der Waals surface area contributed by atoms with E-state index in [1.165, 1.54) is 0 Å². The van der Waals surface area contributed by atoms with E-state index in [1.807, 2.05) is 0 Å². The van der Waals surface area contributed by atoms with Crippen molar-refractivity contribution in [3.8, 4) is 0 Å². The van der Waals surface area contributed by atoms with Crippen molar-refractivity contribution >= 4 is 0 Å². The summed E-state index contributed by atoms with van der Waals surface area (Å²) in [6, 6.07) is 0. The average Bonchev–Trinajstić information content (AvgIpc) is 2.13. The lowest BCUT2D eigenvalue weighted by Crippen LogP contribution is -2.57. The van der Waals surface area contributed by atoms with Gasteiger partial charge < -0.3 is 5.73 Å². The molecule has 2 N–H and O–H groups in total. The lowest BCUT2D eigenvalue weighted by Gasteiger charge is -2.45. The highest BCUT2D eigenvalue weighted by atomic mass is 15.2. The molecule has 0 amide bonds. The van der Waals surface area contributed by atoms with E-state index in [9.17, 15) is 0 Å². The molecule has 0 spiro atoms. The molecule has 0 aliphatic heterocycles. The molecule has 0 radical (unpaired) electrons. The zero-order valence-electron chi connectivity index (χ0n) is 12.4. The molecule has 0 aliphatic carbocycles. The van der Waals surface area contributed by atoms with Crippen molar-refractivity contribution < 1.29 is 0 Å². The second kappa shape index (κ2) is 6.61. The van der Waals surface area contributed by atoms with Crippen LogP contribution in [0.15, 0.2) is 0 Å². The minimum Gasteiger partial charge on any atom is -0.329 e. The Hall–Kier alpha value is -0.0800. The Morgan fingerprint density at radius 1 is 0.938 bits per heavy atom. The van der Waals surface area contributed by atoms with Gasteiger partial charge in [-0.3, -0.25) is 4.90 Å². The van der Waals surface area contributed by atoms with Crippen LogP contribution in [0.4, 0.5) is 0 Å². The monoisotopic (exact) mass is 228 g/mol. The third kappa shape index (κ3) is 4.42. The molecule has 0 saturated carbocycles. The first-order valence-corrected chi connectivity index (χ1v) is 6.69. The first-order valence-electron chi connectivity index (χ1n) is 6.69. The van der Waals surface area contributed by atoms with Crippen LogP contribution in [0.2, 0.25) is 0 Å². The predicted octanol–water partition coefficient (Wildman–Crippen LogP) is 2.97. The molecule has 0 heterocycles. The normalized spacial score (nSPS) is 16.5. The molecule has 0 aromatic heterocycles. The van der Waals surface area contributed by atoms with Gasteiger partial charge in [-0.1, -0.05) is 41.5 Å². The second-order valence-electron chi connectivity index (χ2n) is 6.41. The standard InChI is InChI=1S/C14H32N2/c1-11(2)8-16(9-12(3)4)14(7,10-15)13(5)6/h11-13H,8-10,15H2,1-7H3. The number of hydrogen-bond acceptors (Lipinski definition) is 2. The molecule has 98 valence electrons. The van der Waals surface area contributed by atoms with Crippen LogP contribution in [0, 0.1) is 17.8 Å². The van der Waals surface area contributed by atoms with Crippen LogP contribution in [0.5, 0.6) is 0 Å². The summed E-state index contributed by atoms with van der Waals surface area (Å²) in [5.41, 5.74) is 6.15. The molecule has 0 aliphatic rings. The second-order valence-corrected chi connectivity index (χ2v) is 6.41. The van der Waals surface area contributed by atoms with E-state index < -0.39 is 0 Å². The van der Waals surface area contributed by atoms with E-state index >= 15 is 0 Å². The topological polar surface area (TPSA) is 29.3 Å². The van der Waals surface area contributed by atoms with E-state index in [4.69, 9.17) is 5.73 Å². The van der Waals surface area contributed by atoms with E-state index in [0.717, 1.165) is 19.6 Å². The highest BCUT2D eigenvalue weighted by Crippen LogP contribution is 2.25. The summed E-state index contributed by atoms with van der Waals surface area (Å²) in [5, 5.41) is 0. The highest BCUT2D eigenvalue weighted by molar-refractivity contribution is 4.91. The SMILES string of the molecule is CC(C)CN(CC(C)C)C(C)(CN)C(C)C. The summed E-state index contributed by atoms with van der Waals surface area (Å²) in [6.07, 6.45) is 0. The summed E-state index contributed by atoms with van der Waals surface area (Å²) < 4.78 is 0. The molecule has 0 aromatic carbocycles. The van der Waals surface area contributed by atoms with Gasteiger partial charge in [-0.15, -0.1) is 0 Å². The van der Waals surface area contributed by atoms with Crippen molar-refractivity contribution in [2.24, 2.45) is 23.5 Å². The van der Waals surface area contributed by atoms with Crippen LogP contribution in [0.1, 0.15) is 48.5 Å². The molecule has 2 nitrogen and oxygen atoms in total. The van der Waals surface area contributed by atoms with Crippen molar-refractivity contribution in [3.05, 3.63) is 0 Å². The van der Waals surface area contributed by atoms with Crippen LogP contribution < -0.4 is 5.73 Å². The quantitative estimate of drug-likeness (QED) is 0.726. The number of hydrogen-bond donors (Lipinski definition) is 1. The molecular weight excluding hydrogens is 196 g/mol. The van der Waals surface area contributed by atoms with Gasteiger partial charge in [0.05, 0.1) is 0 Å². The summed E-state index contributed by atoms with van der Waals surface area (Å²) in [4.78, 5) is 2.59. The Kier molecular flexibility index (Phi) is 6.57. The molecular formula is C14H32N2. The third-order valence-corrected chi connectivity index (χ3v) is 3.55. The Labute approximate surface area is 103 Å². The Morgan fingerprint density at radius 2 is 1.31 bits per heavy atom. The predicted molar refractivity (Wildman–Crippen MR) is 73.5 cm³/mol. The first kappa shape index (κ1) is 15.9. The third-order valence-electron chi connectivity index (χ3n) is 3.55. The van der Waals surface area contributed by atoms with Crippen LogP contribution in [-0.2, 0) is 0 Å². The van der Waals surface area contributed by atoms with E-state index in [1.54, 1.807) is 0 Å². The van der Waals surface area contributed by atoms with E-state index in [-0.39, 0.29) is 5.54 Å². The van der Waals surface area contributed by atoms with Gasteiger partial charge >= 0.3 is 0 Å². The Balaban J connectivity index is 4.82. The van der Waals surface area contributed by atoms with Gasteiger partial charge in [0.25, 0.3) is 0 Å². The van der Waals surface area contributed by atoms with Gasteiger partial charge in [0.2, 0.25) is 0 Å². The zero-order chi connectivity index (χ0) is 12.9. The first-order chi connectivity index (χ1) is 7.24. The van der Waals surface area contributed by atoms with Crippen molar-refractivity contribution in [1.29, 1.82) is 0 Å². The molecule has 2 heteroatoms. The fourth-order valence-corrected chi connectivity index (χ4v) is 2.10. The molecule has 0 bridgehead atoms. The molecule has 0 fully saturated rings. The molecule has 16 heavy (non-hydrogen) atoms. The summed E-state index contributed by atoms with van der Waals surface area (Å²) in [5.74, 6) is 1.99. The van der Waals surface area contributed by atoms with Crippen molar-refractivity contribution in [1.82, 2.24) is 4.90 Å². The molecule has 0 saturated heterocycles. The Bertz CT molecular complexity index is 177. The van der Waals surface area contributed by atoms with Gasteiger partial charge in [-0.05, 0) is 24.7 Å². The molecule has 0 rings (SSSR count). The number of rotatable bonds is 7. The maximum Gasteiger partial charge on any atom is 0.0326 e. The minimum atomic E-state index is 0.133. The fourth-order valence-electron chi connectivity index (χ4n) is 2.10. The lowest BCUT2D eigenvalue weighted by atomic mass is 9.85. The molecule has 0 aromatic rings. The van der Waals surface area contributed by atoms with Crippen molar-refractivity contribution in [2.75, 3.05) is 19.6 Å². The van der Waals surface area contributed by atoms with Gasteiger partial charge in [-0.2, -0.15) is 0 Å². The van der Waals surface area contributed by atoms with E-state index in [2.05, 4.69) is 53.4 Å².